The molecule has 11 heteroatoms. The minimum absolute atomic E-state index is 2.61. The van der Waals surface area contributed by atoms with Gasteiger partial charge < -0.3 is 0 Å². The Balaban J connectivity index is -0.0000000965. The fourth-order valence-electron chi connectivity index (χ4n) is 0. The van der Waals surface area contributed by atoms with Gasteiger partial charge in [0.15, 0.2) is 12.5 Å². The molecule has 0 heterocycles. The zero-order valence-corrected chi connectivity index (χ0v) is 7.10. The van der Waals surface area contributed by atoms with Gasteiger partial charge in [0.2, 0.25) is 0 Å². The summed E-state index contributed by atoms with van der Waals surface area (Å²) < 4.78 is 62.3. The summed E-state index contributed by atoms with van der Waals surface area (Å²) in [5.41, 5.74) is 0. The minimum atomic E-state index is -4.67. The van der Waals surface area contributed by atoms with E-state index in [9.17, 15) is 0 Å². The molecule has 0 aromatic heterocycles. The summed E-state index contributed by atoms with van der Waals surface area (Å²) in [4.78, 5) is 0. The van der Waals surface area contributed by atoms with E-state index in [1.54, 1.807) is 0 Å². The molecule has 0 saturated heterocycles. The third-order valence-corrected chi connectivity index (χ3v) is 0. The minimum Gasteiger partial charge on any atom is -0.284 e. The van der Waals surface area contributed by atoms with E-state index >= 15 is 0 Å². The highest BCUT2D eigenvalue weighted by Crippen LogP contribution is 1.59. The van der Waals surface area contributed by atoms with Gasteiger partial charge in [-0.15, -0.1) is 0 Å². The molecule has 0 aromatic rings. The van der Waals surface area contributed by atoms with E-state index in [2.05, 4.69) is 12.5 Å². The normalized spacial score (nSPS) is 8.82. The first-order valence-electron chi connectivity index (χ1n) is 1.40. The molecule has 0 aliphatic carbocycles. The van der Waals surface area contributed by atoms with E-state index < -0.39 is 21.8 Å². The van der Waals surface area contributed by atoms with Gasteiger partial charge in [0.1, 0.15) is 0 Å². The van der Waals surface area contributed by atoms with E-state index in [0.29, 0.717) is 0 Å². The van der Waals surface area contributed by atoms with Gasteiger partial charge in [-0.25, -0.2) is 0 Å². The summed E-state index contributed by atoms with van der Waals surface area (Å²) in [6.45, 7) is 0. The Morgan fingerprint density at radius 1 is 1.09 bits per heavy atom. The summed E-state index contributed by atoms with van der Waals surface area (Å²) in [5, 5.41) is 0. The molecule has 8 nitrogen and oxygen atoms in total. The van der Waals surface area contributed by atoms with Gasteiger partial charge in [-0.2, -0.15) is 16.8 Å². The lowest BCUT2D eigenvalue weighted by Gasteiger charge is -1.68. The van der Waals surface area contributed by atoms with Crippen LogP contribution in [0.1, 0.15) is 0 Å². The molecular weight excluding hydrogens is 224 g/mol. The number of hydrogen-bond acceptors (Lipinski definition) is 5. The van der Waals surface area contributed by atoms with Crippen LogP contribution >= 0.6 is 0 Å². The SMILES string of the molecule is O=S.O=S(=O)(O)O.O=S(O)O. The molecule has 0 amide bonds. The molecular formula is H4O8S3. The van der Waals surface area contributed by atoms with Crippen molar-refractivity contribution < 1.29 is 35.0 Å². The maximum atomic E-state index is 8.74. The van der Waals surface area contributed by atoms with Crippen LogP contribution in [0.25, 0.3) is 0 Å². The van der Waals surface area contributed by atoms with Crippen molar-refractivity contribution in [3.8, 4) is 0 Å². The van der Waals surface area contributed by atoms with Gasteiger partial charge in [-0.1, -0.05) is 0 Å². The van der Waals surface area contributed by atoms with Crippen molar-refractivity contribution in [3.63, 3.8) is 0 Å². The standard InChI is InChI=1S/H2O4S.H2O3S.OS/c1-5(2,3)4;1-4(2)3;1-2/h(H2,1,2,3,4);(H2,1,2,3);. The van der Waals surface area contributed by atoms with Crippen LogP contribution in [0, 0.1) is 0 Å². The molecule has 0 atom stereocenters. The van der Waals surface area contributed by atoms with Crippen LogP contribution in [0.15, 0.2) is 0 Å². The van der Waals surface area contributed by atoms with Gasteiger partial charge in [-0.05, 0) is 0 Å². The smallest absolute Gasteiger partial charge is 0.284 e. The highest BCUT2D eigenvalue weighted by molar-refractivity contribution is 7.79. The van der Waals surface area contributed by atoms with Gasteiger partial charge in [0.25, 0.3) is 11.4 Å². The molecule has 0 spiro atoms. The molecule has 4 N–H and O–H groups in total. The van der Waals surface area contributed by atoms with Crippen LogP contribution in [0.4, 0.5) is 0 Å². The molecule has 0 radical (unpaired) electrons. The average molecular weight is 228 g/mol. The Bertz CT molecular complexity index is 164. The highest BCUT2D eigenvalue weighted by atomic mass is 32.3. The van der Waals surface area contributed by atoms with E-state index in [0.717, 1.165) is 0 Å². The van der Waals surface area contributed by atoms with Crippen LogP contribution < -0.4 is 0 Å². The van der Waals surface area contributed by atoms with Crippen molar-refractivity contribution in [1.29, 1.82) is 0 Å². The van der Waals surface area contributed by atoms with Crippen LogP contribution in [0.3, 0.4) is 0 Å². The Morgan fingerprint density at radius 2 is 1.09 bits per heavy atom. The van der Waals surface area contributed by atoms with Crippen LogP contribution in [0.5, 0.6) is 0 Å². The number of rotatable bonds is 0. The summed E-state index contributed by atoms with van der Waals surface area (Å²) in [6, 6.07) is 0. The Kier molecular flexibility index (Phi) is 15.5. The lowest BCUT2D eigenvalue weighted by Crippen LogP contribution is -1.89. The zero-order valence-electron chi connectivity index (χ0n) is 4.65. The first kappa shape index (κ1) is 17.2. The topological polar surface area (TPSA) is 149 Å². The quantitative estimate of drug-likeness (QED) is 0.292. The van der Waals surface area contributed by atoms with E-state index in [-0.39, 0.29) is 0 Å². The second kappa shape index (κ2) is 9.96. The average Bonchev–Trinajstić information content (AvgIpc) is 1.63. The third kappa shape index (κ3) is 394000. The molecule has 0 aliphatic rings. The van der Waals surface area contributed by atoms with Crippen LogP contribution in [0.2, 0.25) is 0 Å². The molecule has 0 aliphatic heterocycles. The van der Waals surface area contributed by atoms with Crippen molar-refractivity contribution in [3.05, 3.63) is 0 Å². The zero-order chi connectivity index (χ0) is 10.1. The van der Waals surface area contributed by atoms with Gasteiger partial charge in [0, 0.05) is 0 Å². The molecule has 0 fully saturated rings. The fraction of sp³-hybridized carbons (Fsp3) is 0. The molecule has 11 heavy (non-hydrogen) atoms. The first-order chi connectivity index (χ1) is 4.73. The molecule has 0 aromatic carbocycles. The molecule has 0 unspecified atom stereocenters. The maximum Gasteiger partial charge on any atom is 0.394 e. The third-order valence-electron chi connectivity index (χ3n) is 0. The van der Waals surface area contributed by atoms with Gasteiger partial charge >= 0.3 is 10.4 Å². The van der Waals surface area contributed by atoms with Crippen molar-refractivity contribution in [2.75, 3.05) is 0 Å². The Labute approximate surface area is 69.8 Å². The van der Waals surface area contributed by atoms with Crippen molar-refractivity contribution in [1.82, 2.24) is 0 Å². The van der Waals surface area contributed by atoms with Crippen LogP contribution in [-0.4, -0.2) is 35.0 Å². The maximum absolute atomic E-state index is 8.74. The Hall–Kier alpha value is -0.0400. The lowest BCUT2D eigenvalue weighted by atomic mass is 15.8. The van der Waals surface area contributed by atoms with Crippen molar-refractivity contribution in [2.24, 2.45) is 0 Å². The fourth-order valence-corrected chi connectivity index (χ4v) is 0. The predicted molar refractivity (Wildman–Crippen MR) is 35.7 cm³/mol. The highest BCUT2D eigenvalue weighted by Gasteiger charge is 1.84. The monoisotopic (exact) mass is 228 g/mol. The van der Waals surface area contributed by atoms with Crippen LogP contribution in [-0.2, 0) is 34.3 Å². The summed E-state index contributed by atoms with van der Waals surface area (Å²) in [6.07, 6.45) is 0. The van der Waals surface area contributed by atoms with E-state index in [4.69, 9.17) is 35.0 Å². The molecule has 0 saturated carbocycles. The second-order valence-corrected chi connectivity index (χ2v) is 2.04. The van der Waals surface area contributed by atoms with E-state index in [1.165, 1.54) is 0 Å². The molecule has 0 rings (SSSR count). The lowest BCUT2D eigenvalue weighted by molar-refractivity contribution is 0.381. The predicted octanol–water partition coefficient (Wildman–Crippen LogP) is -1.31. The number of hydrogen-bond donors (Lipinski definition) is 4. The summed E-state index contributed by atoms with van der Waals surface area (Å²) in [5.74, 6) is 0. The Morgan fingerprint density at radius 3 is 1.09 bits per heavy atom. The second-order valence-electron chi connectivity index (χ2n) is 0.679. The van der Waals surface area contributed by atoms with E-state index in [1.807, 2.05) is 0 Å². The van der Waals surface area contributed by atoms with Gasteiger partial charge in [-0.3, -0.25) is 18.2 Å². The van der Waals surface area contributed by atoms with Crippen molar-refractivity contribution >= 4 is 34.3 Å². The molecule has 0 bridgehead atoms. The van der Waals surface area contributed by atoms with Crippen molar-refractivity contribution in [2.45, 2.75) is 0 Å². The van der Waals surface area contributed by atoms with Gasteiger partial charge in [0.05, 0.1) is 0 Å². The first-order valence-corrected chi connectivity index (χ1v) is 4.19. The summed E-state index contributed by atoms with van der Waals surface area (Å²) in [7, 11) is -4.67. The largest absolute Gasteiger partial charge is 0.394 e. The summed E-state index contributed by atoms with van der Waals surface area (Å²) >= 11 is 0.222. The molecule has 70 valence electrons.